The number of nitrogens with one attached hydrogen (secondary N) is 5. The van der Waals surface area contributed by atoms with Crippen molar-refractivity contribution in [3.05, 3.63) is 36.4 Å². The molecule has 0 aliphatic rings. The zero-order valence-electron chi connectivity index (χ0n) is 18.0. The highest BCUT2D eigenvalue weighted by Gasteiger charge is 2.28. The summed E-state index contributed by atoms with van der Waals surface area (Å²) in [5, 5.41) is 25.1. The van der Waals surface area contributed by atoms with Gasteiger partial charge in [0.1, 0.15) is 12.1 Å². The minimum absolute atomic E-state index is 0.0594. The van der Waals surface area contributed by atoms with E-state index in [4.69, 9.17) is 10.8 Å². The number of hydrogen-bond donors (Lipinski definition) is 8. The summed E-state index contributed by atoms with van der Waals surface area (Å²) in [6.45, 7) is -0.483. The Morgan fingerprint density at radius 2 is 1.53 bits per heavy atom. The average Bonchev–Trinajstić information content (AvgIpc) is 3.48. The van der Waals surface area contributed by atoms with Crippen molar-refractivity contribution in [1.29, 1.82) is 0 Å². The van der Waals surface area contributed by atoms with Gasteiger partial charge in [0, 0.05) is 43.0 Å². The van der Waals surface area contributed by atoms with Gasteiger partial charge in [-0.05, 0) is 6.42 Å². The van der Waals surface area contributed by atoms with Crippen molar-refractivity contribution in [2.45, 2.75) is 43.8 Å². The molecule has 3 amide bonds. The summed E-state index contributed by atoms with van der Waals surface area (Å²) in [5.74, 6) is -4.80. The molecule has 0 spiro atoms. The fourth-order valence-electron chi connectivity index (χ4n) is 2.89. The molecule has 2 aromatic heterocycles. The Balaban J connectivity index is 1.96. The molecule has 2 rings (SSSR count). The normalized spacial score (nSPS) is 13.3. The van der Waals surface area contributed by atoms with Crippen LogP contribution in [0.2, 0.25) is 0 Å². The minimum Gasteiger partial charge on any atom is -0.481 e. The van der Waals surface area contributed by atoms with Crippen LogP contribution in [0.4, 0.5) is 0 Å². The molecule has 0 aromatic carbocycles. The fraction of sp³-hybridized carbons (Fsp3) is 0.421. The second-order valence-corrected chi connectivity index (χ2v) is 7.34. The first-order chi connectivity index (χ1) is 16.2. The molecule has 2 aromatic rings. The van der Waals surface area contributed by atoms with Crippen molar-refractivity contribution in [2.75, 3.05) is 6.54 Å². The maximum Gasteiger partial charge on any atom is 0.326 e. The molecule has 15 heteroatoms. The van der Waals surface area contributed by atoms with Crippen LogP contribution >= 0.6 is 0 Å². The summed E-state index contributed by atoms with van der Waals surface area (Å²) in [6.07, 6.45) is 5.03. The SMILES string of the molecule is NC(Cc1cnc[nH]1)C(=O)NCC(=O)NC(Cc1cnc[nH]1)C(=O)NC(CCC(=O)O)C(=O)O. The summed E-state index contributed by atoms with van der Waals surface area (Å²) in [5.41, 5.74) is 6.92. The summed E-state index contributed by atoms with van der Waals surface area (Å²) in [6, 6.07) is -3.64. The molecule has 3 unspecified atom stereocenters. The monoisotopic (exact) mass is 478 g/mol. The molecule has 0 saturated carbocycles. The maximum atomic E-state index is 12.7. The highest BCUT2D eigenvalue weighted by molar-refractivity contribution is 5.92. The van der Waals surface area contributed by atoms with Crippen molar-refractivity contribution < 1.29 is 34.2 Å². The van der Waals surface area contributed by atoms with Gasteiger partial charge in [0.2, 0.25) is 17.7 Å². The van der Waals surface area contributed by atoms with Crippen LogP contribution in [-0.2, 0) is 36.8 Å². The minimum atomic E-state index is -1.47. The Morgan fingerprint density at radius 1 is 0.912 bits per heavy atom. The Bertz CT molecular complexity index is 977. The second-order valence-electron chi connectivity index (χ2n) is 7.34. The number of aliphatic carboxylic acids is 2. The van der Waals surface area contributed by atoms with Gasteiger partial charge in [0.15, 0.2) is 0 Å². The van der Waals surface area contributed by atoms with Crippen LogP contribution in [-0.4, -0.2) is 84.5 Å². The van der Waals surface area contributed by atoms with Crippen molar-refractivity contribution in [3.63, 3.8) is 0 Å². The molecule has 0 aliphatic carbocycles. The number of carboxylic acid groups (broad SMARTS) is 2. The number of rotatable bonds is 14. The van der Waals surface area contributed by atoms with E-state index in [1.807, 2.05) is 0 Å². The van der Waals surface area contributed by atoms with E-state index in [0.717, 1.165) is 0 Å². The number of carboxylic acids is 2. The van der Waals surface area contributed by atoms with Crippen LogP contribution in [0, 0.1) is 0 Å². The molecular weight excluding hydrogens is 452 g/mol. The van der Waals surface area contributed by atoms with Crippen LogP contribution in [0.25, 0.3) is 0 Å². The van der Waals surface area contributed by atoms with E-state index in [1.54, 1.807) is 0 Å². The lowest BCUT2D eigenvalue weighted by Gasteiger charge is -2.21. The number of nitrogens with zero attached hydrogens (tertiary/aromatic N) is 2. The number of carbonyl (C=O) groups excluding carboxylic acids is 3. The standard InChI is InChI=1S/C19H26N8O7/c20-12(3-10-5-21-8-24-10)17(31)23-7-15(28)26-14(4-11-6-22-9-25-11)18(32)27-13(19(33)34)1-2-16(29)30/h5-6,8-9,12-14H,1-4,7,20H2,(H,21,24)(H,22,25)(H,23,31)(H,26,28)(H,27,32)(H,29,30)(H,33,34). The number of nitrogens with two attached hydrogens (primary N) is 1. The predicted octanol–water partition coefficient (Wildman–Crippen LogP) is -2.72. The third-order valence-electron chi connectivity index (χ3n) is 4.65. The Hall–Kier alpha value is -4.27. The highest BCUT2D eigenvalue weighted by atomic mass is 16.4. The number of imidazole rings is 2. The van der Waals surface area contributed by atoms with Crippen molar-refractivity contribution in [3.8, 4) is 0 Å². The van der Waals surface area contributed by atoms with Gasteiger partial charge in [-0.25, -0.2) is 14.8 Å². The Labute approximate surface area is 192 Å². The predicted molar refractivity (Wildman–Crippen MR) is 114 cm³/mol. The van der Waals surface area contributed by atoms with Crippen LogP contribution in [0.1, 0.15) is 24.2 Å². The fourth-order valence-corrected chi connectivity index (χ4v) is 2.89. The molecule has 0 aliphatic heterocycles. The summed E-state index contributed by atoms with van der Waals surface area (Å²) >= 11 is 0. The molecule has 0 bridgehead atoms. The van der Waals surface area contributed by atoms with E-state index in [-0.39, 0.29) is 19.3 Å². The number of aromatic nitrogens is 4. The van der Waals surface area contributed by atoms with Gasteiger partial charge in [-0.3, -0.25) is 19.2 Å². The van der Waals surface area contributed by atoms with Gasteiger partial charge < -0.3 is 41.9 Å². The molecule has 2 heterocycles. The van der Waals surface area contributed by atoms with E-state index < -0.39 is 60.8 Å². The largest absolute Gasteiger partial charge is 0.481 e. The summed E-state index contributed by atoms with van der Waals surface area (Å²) < 4.78 is 0. The van der Waals surface area contributed by atoms with Gasteiger partial charge in [-0.1, -0.05) is 0 Å². The summed E-state index contributed by atoms with van der Waals surface area (Å²) in [4.78, 5) is 72.6. The number of hydrogen-bond acceptors (Lipinski definition) is 8. The number of H-pyrrole nitrogens is 2. The molecule has 184 valence electrons. The molecule has 15 nitrogen and oxygen atoms in total. The second kappa shape index (κ2) is 12.7. The first-order valence-electron chi connectivity index (χ1n) is 10.2. The Morgan fingerprint density at radius 3 is 2.06 bits per heavy atom. The lowest BCUT2D eigenvalue weighted by molar-refractivity contribution is -0.143. The Kier molecular flexibility index (Phi) is 9.70. The van der Waals surface area contributed by atoms with Crippen molar-refractivity contribution in [2.24, 2.45) is 5.73 Å². The summed E-state index contributed by atoms with van der Waals surface area (Å²) in [7, 11) is 0. The quantitative estimate of drug-likeness (QED) is 0.139. The smallest absolute Gasteiger partial charge is 0.326 e. The van der Waals surface area contributed by atoms with Crippen LogP contribution in [0.15, 0.2) is 25.0 Å². The van der Waals surface area contributed by atoms with Crippen molar-refractivity contribution in [1.82, 2.24) is 35.9 Å². The van der Waals surface area contributed by atoms with Gasteiger partial charge >= 0.3 is 11.9 Å². The van der Waals surface area contributed by atoms with E-state index in [1.165, 1.54) is 25.0 Å². The van der Waals surface area contributed by atoms with Gasteiger partial charge in [0.05, 0.1) is 25.2 Å². The molecule has 0 saturated heterocycles. The van der Waals surface area contributed by atoms with E-state index in [9.17, 15) is 29.1 Å². The van der Waals surface area contributed by atoms with Crippen molar-refractivity contribution >= 4 is 29.7 Å². The molecule has 34 heavy (non-hydrogen) atoms. The topological polar surface area (TPSA) is 245 Å². The van der Waals surface area contributed by atoms with E-state index in [0.29, 0.717) is 11.4 Å². The number of aromatic amines is 2. The number of amides is 3. The molecular formula is C19H26N8O7. The van der Waals surface area contributed by atoms with E-state index in [2.05, 4.69) is 35.9 Å². The zero-order chi connectivity index (χ0) is 25.1. The van der Waals surface area contributed by atoms with Crippen LogP contribution in [0.5, 0.6) is 0 Å². The highest BCUT2D eigenvalue weighted by Crippen LogP contribution is 2.03. The zero-order valence-corrected chi connectivity index (χ0v) is 18.0. The molecule has 0 fully saturated rings. The van der Waals surface area contributed by atoms with Gasteiger partial charge in [-0.15, -0.1) is 0 Å². The average molecular weight is 478 g/mol. The lowest BCUT2D eigenvalue weighted by Crippen LogP contribution is -2.54. The first kappa shape index (κ1) is 26.0. The molecule has 3 atom stereocenters. The first-order valence-corrected chi connectivity index (χ1v) is 10.2. The van der Waals surface area contributed by atoms with Crippen LogP contribution < -0.4 is 21.7 Å². The third kappa shape index (κ3) is 8.70. The number of carbonyl (C=O) groups is 5. The van der Waals surface area contributed by atoms with Crippen LogP contribution in [0.3, 0.4) is 0 Å². The molecule has 0 radical (unpaired) electrons. The third-order valence-corrected chi connectivity index (χ3v) is 4.65. The maximum absolute atomic E-state index is 12.7. The molecule has 9 N–H and O–H groups in total. The lowest BCUT2D eigenvalue weighted by atomic mass is 10.1. The van der Waals surface area contributed by atoms with Gasteiger partial charge in [0.25, 0.3) is 0 Å². The van der Waals surface area contributed by atoms with Gasteiger partial charge in [-0.2, -0.15) is 0 Å². The van der Waals surface area contributed by atoms with E-state index >= 15 is 0 Å².